The molecule has 0 aliphatic heterocycles. The zero-order valence-electron chi connectivity index (χ0n) is 23.7. The highest BCUT2D eigenvalue weighted by atomic mass is 19.3. The van der Waals surface area contributed by atoms with Crippen LogP contribution < -0.4 is 16.0 Å². The van der Waals surface area contributed by atoms with Crippen molar-refractivity contribution in [1.29, 1.82) is 5.26 Å². The maximum atomic E-state index is 14.6. The third-order valence-electron chi connectivity index (χ3n) is 8.61. The van der Waals surface area contributed by atoms with Crippen LogP contribution in [-0.4, -0.2) is 41.0 Å². The maximum absolute atomic E-state index is 14.6. The monoisotopic (exact) mass is 566 g/mol. The highest BCUT2D eigenvalue weighted by molar-refractivity contribution is 5.92. The quantitative estimate of drug-likeness (QED) is 0.311. The lowest BCUT2D eigenvalue weighted by atomic mass is 9.92. The first-order chi connectivity index (χ1) is 19.3. The van der Waals surface area contributed by atoms with Crippen molar-refractivity contribution in [3.05, 3.63) is 59.7 Å². The number of amides is 2. The largest absolute Gasteiger partial charge is 0.350 e. The molecule has 0 radical (unpaired) electrons. The van der Waals surface area contributed by atoms with Crippen molar-refractivity contribution in [2.45, 2.75) is 106 Å². The van der Waals surface area contributed by atoms with Crippen LogP contribution >= 0.6 is 0 Å². The molecule has 0 bridgehead atoms. The number of carbonyl (C=O) groups is 2. The van der Waals surface area contributed by atoms with Crippen molar-refractivity contribution in [2.75, 3.05) is 0 Å². The van der Waals surface area contributed by atoms with Crippen molar-refractivity contribution < 1.29 is 22.8 Å². The van der Waals surface area contributed by atoms with E-state index in [2.05, 4.69) is 22.9 Å². The van der Waals surface area contributed by atoms with E-state index in [0.717, 1.165) is 42.4 Å². The van der Waals surface area contributed by atoms with E-state index in [0.29, 0.717) is 12.8 Å². The lowest BCUT2D eigenvalue weighted by molar-refractivity contribution is -0.125. The van der Waals surface area contributed by atoms with Gasteiger partial charge in [0.05, 0.1) is 23.6 Å². The van der Waals surface area contributed by atoms with Gasteiger partial charge in [-0.1, -0.05) is 48.5 Å². The molecule has 2 atom stereocenters. The molecule has 0 aromatic heterocycles. The minimum absolute atomic E-state index is 0.0682. The Morgan fingerprint density at radius 2 is 1.49 bits per heavy atom. The van der Waals surface area contributed by atoms with Gasteiger partial charge in [0.2, 0.25) is 11.8 Å². The minimum atomic E-state index is -2.86. The summed E-state index contributed by atoms with van der Waals surface area (Å²) in [6.45, 7) is 4.64. The molecule has 6 nitrogen and oxygen atoms in total. The third kappa shape index (κ3) is 6.59. The summed E-state index contributed by atoms with van der Waals surface area (Å²) in [5.41, 5.74) is -0.380. The number of alkyl halides is 3. The molecule has 0 saturated heterocycles. The Hall–Kier alpha value is -3.38. The van der Waals surface area contributed by atoms with Crippen LogP contribution in [0.25, 0.3) is 11.1 Å². The first-order valence-corrected chi connectivity index (χ1v) is 14.3. The average molecular weight is 567 g/mol. The number of carbonyl (C=O) groups excluding carboxylic acids is 2. The predicted molar refractivity (Wildman–Crippen MR) is 150 cm³/mol. The molecule has 3 aliphatic carbocycles. The van der Waals surface area contributed by atoms with Crippen LogP contribution in [0.4, 0.5) is 13.2 Å². The van der Waals surface area contributed by atoms with Gasteiger partial charge in [0.15, 0.2) is 0 Å². The number of benzene rings is 2. The van der Waals surface area contributed by atoms with Gasteiger partial charge in [-0.25, -0.2) is 13.2 Å². The lowest BCUT2D eigenvalue weighted by Gasteiger charge is -2.29. The Morgan fingerprint density at radius 1 is 0.927 bits per heavy atom. The van der Waals surface area contributed by atoms with Crippen LogP contribution in [0.5, 0.6) is 0 Å². The zero-order chi connectivity index (χ0) is 29.6. The van der Waals surface area contributed by atoms with E-state index in [1.807, 2.05) is 30.3 Å². The van der Waals surface area contributed by atoms with Crippen LogP contribution in [0.1, 0.15) is 82.9 Å². The van der Waals surface area contributed by atoms with Crippen LogP contribution in [0.3, 0.4) is 0 Å². The Bertz CT molecular complexity index is 1330. The standard InChI is InChI=1S/C32H37F3N4O2/c1-29(2,35)18-24(27(40)38-31(19-36)14-15-31)37-25(26(33)34)22-6-4-20(5-7-22)21-8-10-23(11-9-21)32(16-17-32)28(41)39-30(3)12-13-30/h4-11,24-26,37H,12-18H2,1-3H3,(H,38,40)(H,39,41)/t24-,25-/m0/s1. The molecule has 5 rings (SSSR count). The summed E-state index contributed by atoms with van der Waals surface area (Å²) >= 11 is 0. The highest BCUT2D eigenvalue weighted by Crippen LogP contribution is 2.50. The molecule has 2 aromatic rings. The molecule has 218 valence electrons. The van der Waals surface area contributed by atoms with Crippen molar-refractivity contribution in [2.24, 2.45) is 0 Å². The SMILES string of the molecule is CC(C)(F)C[C@H](N[C@@H](c1ccc(-c2ccc(C3(C(=O)NC4(C)CC4)CC3)cc2)cc1)C(F)F)C(=O)NC1(C#N)CC1. The van der Waals surface area contributed by atoms with E-state index in [1.54, 1.807) is 24.3 Å². The first kappa shape index (κ1) is 29.1. The Labute approximate surface area is 239 Å². The van der Waals surface area contributed by atoms with Crippen LogP contribution in [0.2, 0.25) is 0 Å². The number of hydrogen-bond acceptors (Lipinski definition) is 4. The number of nitrogens with one attached hydrogen (secondary N) is 3. The highest BCUT2D eigenvalue weighted by Gasteiger charge is 2.54. The van der Waals surface area contributed by atoms with Gasteiger partial charge in [0, 0.05) is 12.0 Å². The van der Waals surface area contributed by atoms with Gasteiger partial charge in [-0.15, -0.1) is 0 Å². The van der Waals surface area contributed by atoms with Crippen molar-refractivity contribution in [3.8, 4) is 17.2 Å². The minimum Gasteiger partial charge on any atom is -0.350 e. The van der Waals surface area contributed by atoms with Gasteiger partial charge in [-0.05, 0) is 81.5 Å². The molecule has 0 heterocycles. The van der Waals surface area contributed by atoms with E-state index < -0.39 is 41.0 Å². The number of hydrogen-bond donors (Lipinski definition) is 3. The van der Waals surface area contributed by atoms with Gasteiger partial charge < -0.3 is 10.6 Å². The number of rotatable bonds is 12. The topological polar surface area (TPSA) is 94.0 Å². The Kier molecular flexibility index (Phi) is 7.44. The summed E-state index contributed by atoms with van der Waals surface area (Å²) in [5.74, 6) is -0.575. The lowest BCUT2D eigenvalue weighted by Crippen LogP contribution is -2.52. The van der Waals surface area contributed by atoms with E-state index in [9.17, 15) is 28.0 Å². The fraction of sp³-hybridized carbons (Fsp3) is 0.531. The Balaban J connectivity index is 1.29. The zero-order valence-corrected chi connectivity index (χ0v) is 23.7. The number of nitrogens with zero attached hydrogens (tertiary/aromatic N) is 1. The molecule has 2 amide bonds. The molecular formula is C32H37F3N4O2. The molecule has 3 saturated carbocycles. The second-order valence-corrected chi connectivity index (χ2v) is 12.9. The molecule has 3 N–H and O–H groups in total. The second kappa shape index (κ2) is 10.5. The summed E-state index contributed by atoms with van der Waals surface area (Å²) in [5, 5.41) is 17.8. The fourth-order valence-electron chi connectivity index (χ4n) is 5.30. The predicted octanol–water partition coefficient (Wildman–Crippen LogP) is 5.63. The number of nitriles is 1. The van der Waals surface area contributed by atoms with Crippen LogP contribution in [0, 0.1) is 11.3 Å². The molecule has 3 aliphatic rings. The van der Waals surface area contributed by atoms with Crippen molar-refractivity contribution >= 4 is 11.8 Å². The average Bonchev–Trinajstić information content (AvgIpc) is 3.81. The van der Waals surface area contributed by atoms with Crippen LogP contribution in [0.15, 0.2) is 48.5 Å². The number of halogens is 3. The molecule has 2 aromatic carbocycles. The third-order valence-corrected chi connectivity index (χ3v) is 8.61. The van der Waals surface area contributed by atoms with E-state index in [1.165, 1.54) is 13.8 Å². The summed E-state index contributed by atoms with van der Waals surface area (Å²) < 4.78 is 43.0. The smallest absolute Gasteiger partial charge is 0.257 e. The molecule has 3 fully saturated rings. The first-order valence-electron chi connectivity index (χ1n) is 14.3. The summed E-state index contributed by atoms with van der Waals surface area (Å²) in [7, 11) is 0. The molecule has 9 heteroatoms. The van der Waals surface area contributed by atoms with Crippen molar-refractivity contribution in [1.82, 2.24) is 16.0 Å². The molecule has 0 spiro atoms. The molecule has 0 unspecified atom stereocenters. The van der Waals surface area contributed by atoms with Crippen LogP contribution in [-0.2, 0) is 15.0 Å². The van der Waals surface area contributed by atoms with E-state index in [-0.39, 0.29) is 23.4 Å². The Morgan fingerprint density at radius 3 is 1.93 bits per heavy atom. The van der Waals surface area contributed by atoms with Crippen molar-refractivity contribution in [3.63, 3.8) is 0 Å². The summed E-state index contributed by atoms with van der Waals surface area (Å²) in [4.78, 5) is 25.9. The van der Waals surface area contributed by atoms with Gasteiger partial charge in [-0.2, -0.15) is 5.26 Å². The normalized spacial score (nSPS) is 20.8. The van der Waals surface area contributed by atoms with Gasteiger partial charge >= 0.3 is 0 Å². The second-order valence-electron chi connectivity index (χ2n) is 12.9. The van der Waals surface area contributed by atoms with E-state index in [4.69, 9.17) is 0 Å². The summed E-state index contributed by atoms with van der Waals surface area (Å²) in [6, 6.07) is 13.7. The van der Waals surface area contributed by atoms with Gasteiger partial charge in [-0.3, -0.25) is 14.9 Å². The van der Waals surface area contributed by atoms with Gasteiger partial charge in [0.1, 0.15) is 11.2 Å². The van der Waals surface area contributed by atoms with E-state index >= 15 is 0 Å². The summed E-state index contributed by atoms with van der Waals surface area (Å²) in [6.07, 6.45) is 1.44. The fourth-order valence-corrected chi connectivity index (χ4v) is 5.30. The van der Waals surface area contributed by atoms with Gasteiger partial charge in [0.25, 0.3) is 6.43 Å². The molecule has 41 heavy (non-hydrogen) atoms. The molecular weight excluding hydrogens is 529 g/mol. The maximum Gasteiger partial charge on any atom is 0.257 e.